The highest BCUT2D eigenvalue weighted by atomic mass is 16.4. The molecule has 4 atom stereocenters. The van der Waals surface area contributed by atoms with Crippen LogP contribution in [0.5, 0.6) is 0 Å². The number of hydrogen-bond acceptors (Lipinski definition) is 3. The van der Waals surface area contributed by atoms with Gasteiger partial charge in [-0.15, -0.1) is 0 Å². The molecule has 0 aromatic carbocycles. The van der Waals surface area contributed by atoms with E-state index >= 15 is 0 Å². The van der Waals surface area contributed by atoms with Crippen molar-refractivity contribution in [2.45, 2.75) is 44.6 Å². The number of allylic oxidation sites excluding steroid dienone is 2. The number of carbonyl (C=O) groups excluding carboxylic acids is 1. The third-order valence-corrected chi connectivity index (χ3v) is 6.75. The van der Waals surface area contributed by atoms with Gasteiger partial charge < -0.3 is 10.0 Å². The Labute approximate surface area is 143 Å². The molecule has 0 aromatic heterocycles. The van der Waals surface area contributed by atoms with Crippen LogP contribution in [0.1, 0.15) is 38.5 Å². The molecule has 5 nitrogen and oxygen atoms in total. The van der Waals surface area contributed by atoms with Crippen LogP contribution in [0.2, 0.25) is 0 Å². The lowest BCUT2D eigenvalue weighted by atomic mass is 9.82. The molecule has 1 heterocycles. The van der Waals surface area contributed by atoms with Crippen molar-refractivity contribution in [3.63, 3.8) is 0 Å². The summed E-state index contributed by atoms with van der Waals surface area (Å²) in [5, 5.41) is 9.55. The summed E-state index contributed by atoms with van der Waals surface area (Å²) in [6.07, 6.45) is 11.6. The molecule has 0 aromatic rings. The fourth-order valence-corrected chi connectivity index (χ4v) is 5.46. The largest absolute Gasteiger partial charge is 0.481 e. The molecule has 0 unspecified atom stereocenters. The highest BCUT2D eigenvalue weighted by molar-refractivity contribution is 5.87. The summed E-state index contributed by atoms with van der Waals surface area (Å²) in [6.45, 7) is 3.42. The predicted molar refractivity (Wildman–Crippen MR) is 90.4 cm³/mol. The van der Waals surface area contributed by atoms with Crippen LogP contribution < -0.4 is 0 Å². The lowest BCUT2D eigenvalue weighted by Crippen LogP contribution is -2.54. The Balaban J connectivity index is 1.38. The number of carbonyl (C=O) groups is 2. The van der Waals surface area contributed by atoms with Gasteiger partial charge in [0.1, 0.15) is 0 Å². The SMILES string of the molecule is O=C(O)[C@@H]1[C@H](C(=O)N2CCN(C3CCCCC3)CC2)[C@@H]2C=C[C@H]1C2. The zero-order valence-corrected chi connectivity index (χ0v) is 14.3. The van der Waals surface area contributed by atoms with Crippen molar-refractivity contribution in [2.75, 3.05) is 26.2 Å². The minimum Gasteiger partial charge on any atom is -0.481 e. The summed E-state index contributed by atoms with van der Waals surface area (Å²) in [6, 6.07) is 0.702. The van der Waals surface area contributed by atoms with Crippen LogP contribution in [0.4, 0.5) is 0 Å². The van der Waals surface area contributed by atoms with Gasteiger partial charge in [-0.1, -0.05) is 31.4 Å². The maximum absolute atomic E-state index is 13.0. The number of fused-ring (bicyclic) bond motifs is 2. The molecular formula is C19H28N2O3. The van der Waals surface area contributed by atoms with Crippen LogP contribution in [0.25, 0.3) is 0 Å². The number of amides is 1. The normalized spacial score (nSPS) is 37.1. The standard InChI is InChI=1S/C19H28N2O3/c22-18(16-13-6-7-14(12-13)17(16)19(23)24)21-10-8-20(9-11-21)15-4-2-1-3-5-15/h6-7,13-17H,1-5,8-12H2,(H,23,24)/t13-,14+,16-,17+/m1/s1. The number of carboxylic acids is 1. The molecule has 2 saturated carbocycles. The molecule has 1 N–H and O–H groups in total. The Morgan fingerprint density at radius 3 is 2.12 bits per heavy atom. The van der Waals surface area contributed by atoms with Crippen LogP contribution in [-0.4, -0.2) is 59.0 Å². The average molecular weight is 332 g/mol. The highest BCUT2D eigenvalue weighted by Gasteiger charge is 2.52. The first-order valence-electron chi connectivity index (χ1n) is 9.59. The fraction of sp³-hybridized carbons (Fsp3) is 0.789. The molecule has 24 heavy (non-hydrogen) atoms. The molecule has 3 fully saturated rings. The minimum absolute atomic E-state index is 0.0602. The van der Waals surface area contributed by atoms with Gasteiger partial charge in [-0.25, -0.2) is 0 Å². The van der Waals surface area contributed by atoms with E-state index in [1.165, 1.54) is 32.1 Å². The van der Waals surface area contributed by atoms with Gasteiger partial charge in [-0.05, 0) is 31.1 Å². The Hall–Kier alpha value is -1.36. The topological polar surface area (TPSA) is 60.9 Å². The molecule has 1 saturated heterocycles. The van der Waals surface area contributed by atoms with Gasteiger partial charge in [0.05, 0.1) is 11.8 Å². The van der Waals surface area contributed by atoms with E-state index in [9.17, 15) is 14.7 Å². The second kappa shape index (κ2) is 6.51. The fourth-order valence-electron chi connectivity index (χ4n) is 5.46. The lowest BCUT2D eigenvalue weighted by molar-refractivity contribution is -0.151. The van der Waals surface area contributed by atoms with Gasteiger partial charge in [0, 0.05) is 32.2 Å². The van der Waals surface area contributed by atoms with Crippen LogP contribution in [0.15, 0.2) is 12.2 Å². The van der Waals surface area contributed by atoms with Crippen LogP contribution in [0, 0.1) is 23.7 Å². The summed E-state index contributed by atoms with van der Waals surface area (Å²) in [5.41, 5.74) is 0. The van der Waals surface area contributed by atoms with Crippen LogP contribution in [-0.2, 0) is 9.59 Å². The number of carboxylic acid groups (broad SMARTS) is 1. The Morgan fingerprint density at radius 2 is 1.50 bits per heavy atom. The molecule has 4 rings (SSSR count). The zero-order chi connectivity index (χ0) is 16.7. The van der Waals surface area contributed by atoms with E-state index in [1.807, 2.05) is 11.0 Å². The van der Waals surface area contributed by atoms with Crippen molar-refractivity contribution in [1.29, 1.82) is 0 Å². The molecule has 4 aliphatic rings. The number of hydrogen-bond donors (Lipinski definition) is 1. The smallest absolute Gasteiger partial charge is 0.307 e. The molecule has 132 valence electrons. The maximum atomic E-state index is 13.0. The highest BCUT2D eigenvalue weighted by Crippen LogP contribution is 2.48. The first kappa shape index (κ1) is 16.1. The van der Waals surface area contributed by atoms with E-state index in [1.54, 1.807) is 0 Å². The summed E-state index contributed by atoms with van der Waals surface area (Å²) >= 11 is 0. The van der Waals surface area contributed by atoms with Crippen molar-refractivity contribution in [3.05, 3.63) is 12.2 Å². The van der Waals surface area contributed by atoms with Gasteiger partial charge in [0.15, 0.2) is 0 Å². The molecule has 1 amide bonds. The van der Waals surface area contributed by atoms with Crippen LogP contribution >= 0.6 is 0 Å². The van der Waals surface area contributed by atoms with Gasteiger partial charge in [0.2, 0.25) is 5.91 Å². The minimum atomic E-state index is -0.800. The molecule has 3 aliphatic carbocycles. The number of aliphatic carboxylic acids is 1. The number of piperazine rings is 1. The first-order chi connectivity index (χ1) is 11.6. The quantitative estimate of drug-likeness (QED) is 0.803. The molecule has 1 aliphatic heterocycles. The Morgan fingerprint density at radius 1 is 0.875 bits per heavy atom. The van der Waals surface area contributed by atoms with E-state index in [0.29, 0.717) is 6.04 Å². The molecule has 2 bridgehead atoms. The van der Waals surface area contributed by atoms with Crippen molar-refractivity contribution < 1.29 is 14.7 Å². The van der Waals surface area contributed by atoms with E-state index < -0.39 is 11.9 Å². The summed E-state index contributed by atoms with van der Waals surface area (Å²) in [4.78, 5) is 29.1. The van der Waals surface area contributed by atoms with Gasteiger partial charge >= 0.3 is 5.97 Å². The third-order valence-electron chi connectivity index (χ3n) is 6.75. The van der Waals surface area contributed by atoms with E-state index in [-0.39, 0.29) is 23.7 Å². The van der Waals surface area contributed by atoms with E-state index in [0.717, 1.165) is 32.6 Å². The lowest BCUT2D eigenvalue weighted by Gasteiger charge is -2.42. The van der Waals surface area contributed by atoms with Crippen LogP contribution in [0.3, 0.4) is 0 Å². The first-order valence-corrected chi connectivity index (χ1v) is 9.59. The van der Waals surface area contributed by atoms with Crippen molar-refractivity contribution >= 4 is 11.9 Å². The molecule has 0 radical (unpaired) electrons. The summed E-state index contributed by atoms with van der Waals surface area (Å²) in [7, 11) is 0. The zero-order valence-electron chi connectivity index (χ0n) is 14.3. The predicted octanol–water partition coefficient (Wildman–Crippen LogP) is 1.99. The molecular weight excluding hydrogens is 304 g/mol. The van der Waals surface area contributed by atoms with Gasteiger partial charge in [-0.3, -0.25) is 14.5 Å². The number of nitrogens with zero attached hydrogens (tertiary/aromatic N) is 2. The van der Waals surface area contributed by atoms with Gasteiger partial charge in [0.25, 0.3) is 0 Å². The Kier molecular flexibility index (Phi) is 4.37. The van der Waals surface area contributed by atoms with Gasteiger partial charge in [-0.2, -0.15) is 0 Å². The van der Waals surface area contributed by atoms with E-state index in [4.69, 9.17) is 0 Å². The van der Waals surface area contributed by atoms with Crippen molar-refractivity contribution in [1.82, 2.24) is 9.80 Å². The average Bonchev–Trinajstić information content (AvgIpc) is 3.23. The summed E-state index contributed by atoms with van der Waals surface area (Å²) < 4.78 is 0. The molecule has 5 heteroatoms. The van der Waals surface area contributed by atoms with Crippen molar-refractivity contribution in [2.24, 2.45) is 23.7 Å². The monoisotopic (exact) mass is 332 g/mol. The van der Waals surface area contributed by atoms with E-state index in [2.05, 4.69) is 11.0 Å². The summed E-state index contributed by atoms with van der Waals surface area (Å²) in [5.74, 6) is -1.36. The third kappa shape index (κ3) is 2.77. The number of rotatable bonds is 3. The Bertz CT molecular complexity index is 533. The van der Waals surface area contributed by atoms with Crippen molar-refractivity contribution in [3.8, 4) is 0 Å². The second-order valence-electron chi connectivity index (χ2n) is 7.99. The second-order valence-corrected chi connectivity index (χ2v) is 7.99. The molecule has 0 spiro atoms. The maximum Gasteiger partial charge on any atom is 0.307 e.